The fourth-order valence-corrected chi connectivity index (χ4v) is 3.93. The molecule has 0 bridgehead atoms. The summed E-state index contributed by atoms with van der Waals surface area (Å²) < 4.78 is 0. The van der Waals surface area contributed by atoms with Gasteiger partial charge in [0.05, 0.1) is 18.7 Å². The molecule has 0 saturated carbocycles. The minimum absolute atomic E-state index is 0. The maximum atomic E-state index is 9.83. The third-order valence-electron chi connectivity index (χ3n) is 5.03. The van der Waals surface area contributed by atoms with Crippen molar-refractivity contribution < 1.29 is 5.11 Å². The van der Waals surface area contributed by atoms with Crippen LogP contribution in [0, 0.1) is 0 Å². The van der Waals surface area contributed by atoms with Crippen molar-refractivity contribution in [3.05, 3.63) is 34.9 Å². The van der Waals surface area contributed by atoms with E-state index in [0.717, 1.165) is 43.6 Å². The average molecular weight is 493 g/mol. The summed E-state index contributed by atoms with van der Waals surface area (Å²) in [7, 11) is 0. The van der Waals surface area contributed by atoms with Crippen molar-refractivity contribution in [2.75, 3.05) is 39.3 Å². The lowest BCUT2D eigenvalue weighted by molar-refractivity contribution is 0.187. The molecule has 0 aliphatic carbocycles. The van der Waals surface area contributed by atoms with Crippen LogP contribution >= 0.6 is 35.6 Å². The van der Waals surface area contributed by atoms with E-state index in [2.05, 4.69) is 34.2 Å². The number of likely N-dealkylation sites (tertiary alicyclic amines) is 2. The summed E-state index contributed by atoms with van der Waals surface area (Å²) >= 11 is 6.23. The van der Waals surface area contributed by atoms with E-state index in [1.54, 1.807) is 0 Å². The molecule has 0 amide bonds. The molecule has 5 nitrogen and oxygen atoms in total. The highest BCUT2D eigenvalue weighted by atomic mass is 127. The topological polar surface area (TPSA) is 51.1 Å². The number of benzene rings is 1. The van der Waals surface area contributed by atoms with E-state index in [0.29, 0.717) is 13.1 Å². The van der Waals surface area contributed by atoms with E-state index < -0.39 is 0 Å². The Labute approximate surface area is 178 Å². The number of aliphatic hydroxyl groups excluding tert-OH is 1. The van der Waals surface area contributed by atoms with Crippen LogP contribution in [0.25, 0.3) is 0 Å². The lowest BCUT2D eigenvalue weighted by atomic mass is 10.1. The van der Waals surface area contributed by atoms with E-state index >= 15 is 0 Å². The number of nitrogens with zero attached hydrogens (tertiary/aromatic N) is 3. The molecule has 2 fully saturated rings. The van der Waals surface area contributed by atoms with Gasteiger partial charge in [0.15, 0.2) is 5.96 Å². The molecule has 2 N–H and O–H groups in total. The zero-order chi connectivity index (χ0) is 17.6. The molecule has 26 heavy (non-hydrogen) atoms. The summed E-state index contributed by atoms with van der Waals surface area (Å²) in [6, 6.07) is 8.41. The van der Waals surface area contributed by atoms with Crippen molar-refractivity contribution >= 4 is 41.5 Å². The molecule has 0 spiro atoms. The van der Waals surface area contributed by atoms with Crippen LogP contribution in [0.5, 0.6) is 0 Å². The monoisotopic (exact) mass is 492 g/mol. The van der Waals surface area contributed by atoms with E-state index in [4.69, 9.17) is 16.6 Å². The van der Waals surface area contributed by atoms with E-state index in [1.807, 2.05) is 12.1 Å². The number of β-amino-alcohol motifs (C(OH)–C–C–N with tert-alkyl or cyclic N) is 1. The second-order valence-electron chi connectivity index (χ2n) is 6.90. The Bertz CT molecular complexity index is 595. The van der Waals surface area contributed by atoms with Crippen molar-refractivity contribution in [2.45, 2.75) is 38.3 Å². The summed E-state index contributed by atoms with van der Waals surface area (Å²) in [4.78, 5) is 9.59. The Morgan fingerprint density at radius 1 is 1.35 bits per heavy atom. The molecule has 2 saturated heterocycles. The van der Waals surface area contributed by atoms with E-state index in [9.17, 15) is 5.11 Å². The fourth-order valence-electron chi connectivity index (χ4n) is 3.73. The van der Waals surface area contributed by atoms with Crippen molar-refractivity contribution in [2.24, 2.45) is 4.99 Å². The average Bonchev–Trinajstić information content (AvgIpc) is 3.26. The van der Waals surface area contributed by atoms with Crippen LogP contribution in [-0.2, 0) is 0 Å². The summed E-state index contributed by atoms with van der Waals surface area (Å²) in [6.07, 6.45) is 3.07. The van der Waals surface area contributed by atoms with E-state index in [-0.39, 0.29) is 36.1 Å². The third-order valence-corrected chi connectivity index (χ3v) is 5.26. The van der Waals surface area contributed by atoms with Crippen LogP contribution in [0.3, 0.4) is 0 Å². The third kappa shape index (κ3) is 5.71. The lowest BCUT2D eigenvalue weighted by Crippen LogP contribution is -2.41. The second-order valence-corrected chi connectivity index (χ2v) is 7.33. The van der Waals surface area contributed by atoms with Gasteiger partial charge in [-0.3, -0.25) is 9.89 Å². The highest BCUT2D eigenvalue weighted by Crippen LogP contribution is 2.27. The molecule has 1 unspecified atom stereocenters. The number of aliphatic hydroxyl groups is 1. The molecular formula is C19H30ClIN4O. The molecule has 2 heterocycles. The molecule has 1 aromatic carbocycles. The van der Waals surface area contributed by atoms with Gasteiger partial charge in [0.1, 0.15) is 0 Å². The van der Waals surface area contributed by atoms with Crippen LogP contribution in [0.2, 0.25) is 5.02 Å². The normalized spacial score (nSPS) is 22.3. The summed E-state index contributed by atoms with van der Waals surface area (Å²) in [6.45, 7) is 7.37. The fraction of sp³-hybridized carbons (Fsp3) is 0.632. The maximum absolute atomic E-state index is 9.83. The van der Waals surface area contributed by atoms with Gasteiger partial charge in [-0.05, 0) is 57.0 Å². The second kappa shape index (κ2) is 10.7. The Balaban J connectivity index is 0.00000243. The molecule has 0 aromatic heterocycles. The molecule has 0 radical (unpaired) electrons. The minimum atomic E-state index is -0.244. The van der Waals surface area contributed by atoms with Gasteiger partial charge >= 0.3 is 0 Å². The maximum Gasteiger partial charge on any atom is 0.194 e. The quantitative estimate of drug-likeness (QED) is 0.377. The number of guanidine groups is 1. The van der Waals surface area contributed by atoms with Gasteiger partial charge < -0.3 is 15.3 Å². The van der Waals surface area contributed by atoms with Crippen molar-refractivity contribution in [1.82, 2.24) is 15.1 Å². The first-order chi connectivity index (χ1) is 12.2. The smallest absolute Gasteiger partial charge is 0.194 e. The Kier molecular flexibility index (Phi) is 8.93. The van der Waals surface area contributed by atoms with Gasteiger partial charge in [0, 0.05) is 24.7 Å². The van der Waals surface area contributed by atoms with Crippen LogP contribution in [0.4, 0.5) is 0 Å². The zero-order valence-corrected chi connectivity index (χ0v) is 18.5. The number of nitrogens with one attached hydrogen (secondary N) is 1. The molecule has 3 rings (SSSR count). The predicted molar refractivity (Wildman–Crippen MR) is 119 cm³/mol. The first kappa shape index (κ1) is 21.7. The summed E-state index contributed by atoms with van der Waals surface area (Å²) in [5.74, 6) is 0.908. The molecule has 2 aliphatic rings. The van der Waals surface area contributed by atoms with Gasteiger partial charge in [-0.15, -0.1) is 24.0 Å². The first-order valence-electron chi connectivity index (χ1n) is 9.38. The largest absolute Gasteiger partial charge is 0.391 e. The van der Waals surface area contributed by atoms with Gasteiger partial charge in [-0.2, -0.15) is 0 Å². The Morgan fingerprint density at radius 2 is 2.12 bits per heavy atom. The van der Waals surface area contributed by atoms with Crippen LogP contribution in [-0.4, -0.2) is 66.2 Å². The number of halogens is 2. The van der Waals surface area contributed by atoms with Gasteiger partial charge in [0.2, 0.25) is 0 Å². The molecule has 1 aromatic rings. The van der Waals surface area contributed by atoms with Crippen LogP contribution in [0.15, 0.2) is 29.3 Å². The lowest BCUT2D eigenvalue weighted by Gasteiger charge is -2.28. The molecule has 7 heteroatoms. The Morgan fingerprint density at radius 3 is 2.73 bits per heavy atom. The standard InChI is InChI=1S/C19H29ClN4O.HI/c1-2-21-19(24-11-8-17(25)14-24)22-13-18(23-9-3-4-10-23)15-6-5-7-16(20)12-15;/h5-7,12,17-18,25H,2-4,8-11,13-14H2,1H3,(H,21,22);1H/t17-,18?;/m1./s1. The van der Waals surface area contributed by atoms with Gasteiger partial charge in [0.25, 0.3) is 0 Å². The molecular weight excluding hydrogens is 463 g/mol. The minimum Gasteiger partial charge on any atom is -0.391 e. The predicted octanol–water partition coefficient (Wildman–Crippen LogP) is 3.13. The molecule has 2 atom stereocenters. The number of aliphatic imine (C=N–C) groups is 1. The van der Waals surface area contributed by atoms with Gasteiger partial charge in [-0.25, -0.2) is 0 Å². The molecule has 2 aliphatic heterocycles. The highest BCUT2D eigenvalue weighted by molar-refractivity contribution is 14.0. The van der Waals surface area contributed by atoms with E-state index in [1.165, 1.54) is 18.4 Å². The van der Waals surface area contributed by atoms with Crippen LogP contribution in [0.1, 0.15) is 37.8 Å². The number of hydrogen-bond acceptors (Lipinski definition) is 3. The molecule has 146 valence electrons. The van der Waals surface area contributed by atoms with Gasteiger partial charge in [-0.1, -0.05) is 23.7 Å². The summed E-state index contributed by atoms with van der Waals surface area (Å²) in [5.41, 5.74) is 1.23. The zero-order valence-electron chi connectivity index (χ0n) is 15.4. The highest BCUT2D eigenvalue weighted by Gasteiger charge is 2.26. The van der Waals surface area contributed by atoms with Crippen molar-refractivity contribution in [3.63, 3.8) is 0 Å². The Hall–Kier alpha value is -0.570. The van der Waals surface area contributed by atoms with Crippen molar-refractivity contribution in [3.8, 4) is 0 Å². The van der Waals surface area contributed by atoms with Crippen molar-refractivity contribution in [1.29, 1.82) is 0 Å². The SMILES string of the molecule is CCNC(=NCC(c1cccc(Cl)c1)N1CCCC1)N1CC[C@@H](O)C1.I. The van der Waals surface area contributed by atoms with Crippen LogP contribution < -0.4 is 5.32 Å². The summed E-state index contributed by atoms with van der Waals surface area (Å²) in [5, 5.41) is 14.0. The number of hydrogen-bond donors (Lipinski definition) is 2. The number of rotatable bonds is 5. The first-order valence-corrected chi connectivity index (χ1v) is 9.76.